The lowest BCUT2D eigenvalue weighted by Crippen LogP contribution is -2.45. The van der Waals surface area contributed by atoms with Crippen LogP contribution in [0.2, 0.25) is 0 Å². The average molecular weight is 473 g/mol. The molecule has 4 aromatic rings. The zero-order valence-corrected chi connectivity index (χ0v) is 19.6. The zero-order valence-electron chi connectivity index (χ0n) is 19.6. The Bertz CT molecular complexity index is 1270. The van der Waals surface area contributed by atoms with Gasteiger partial charge in [-0.2, -0.15) is 5.10 Å². The number of likely N-dealkylation sites (tertiary alicyclic amines) is 1. The van der Waals surface area contributed by atoms with Gasteiger partial charge in [0.1, 0.15) is 12.4 Å². The molecule has 1 aromatic carbocycles. The number of aromatic amines is 1. The summed E-state index contributed by atoms with van der Waals surface area (Å²) >= 11 is 0. The van der Waals surface area contributed by atoms with Gasteiger partial charge in [-0.1, -0.05) is 6.07 Å². The van der Waals surface area contributed by atoms with Crippen molar-refractivity contribution in [3.8, 4) is 22.9 Å². The second-order valence-electron chi connectivity index (χ2n) is 8.67. The Morgan fingerprint density at radius 3 is 2.77 bits per heavy atom. The van der Waals surface area contributed by atoms with Crippen molar-refractivity contribution in [3.05, 3.63) is 66.6 Å². The maximum Gasteiger partial charge on any atom is 0.246 e. The number of amides is 1. The van der Waals surface area contributed by atoms with Crippen molar-refractivity contribution in [1.82, 2.24) is 30.4 Å². The number of benzene rings is 1. The molecule has 0 radical (unpaired) electrons. The number of H-pyrrole nitrogens is 1. The van der Waals surface area contributed by atoms with Crippen molar-refractivity contribution in [2.24, 2.45) is 0 Å². The van der Waals surface area contributed by atoms with E-state index in [2.05, 4.69) is 37.5 Å². The van der Waals surface area contributed by atoms with E-state index in [0.717, 1.165) is 60.3 Å². The molecular formula is C26H28N6O3. The first-order chi connectivity index (χ1) is 17.2. The monoisotopic (exact) mass is 472 g/mol. The van der Waals surface area contributed by atoms with Crippen LogP contribution < -0.4 is 10.1 Å². The molecule has 1 fully saturated rings. The molecular weight excluding hydrogens is 444 g/mol. The van der Waals surface area contributed by atoms with Gasteiger partial charge in [-0.15, -0.1) is 0 Å². The van der Waals surface area contributed by atoms with Crippen LogP contribution in [0, 0.1) is 0 Å². The van der Waals surface area contributed by atoms with Gasteiger partial charge in [-0.3, -0.25) is 19.8 Å². The molecule has 0 atom stereocenters. The Morgan fingerprint density at radius 1 is 1.14 bits per heavy atom. The fourth-order valence-corrected chi connectivity index (χ4v) is 4.30. The van der Waals surface area contributed by atoms with E-state index in [1.807, 2.05) is 36.4 Å². The minimum atomic E-state index is -0.0487. The fourth-order valence-electron chi connectivity index (χ4n) is 4.30. The highest BCUT2D eigenvalue weighted by molar-refractivity contribution is 5.80. The van der Waals surface area contributed by atoms with E-state index in [-0.39, 0.29) is 18.6 Å². The summed E-state index contributed by atoms with van der Waals surface area (Å²) in [5, 5.41) is 10.9. The molecule has 9 heteroatoms. The Kier molecular flexibility index (Phi) is 6.97. The number of carbonyl (C=O) groups is 1. The first-order valence-electron chi connectivity index (χ1n) is 11.7. The molecule has 1 amide bonds. The lowest BCUT2D eigenvalue weighted by atomic mass is 10.0. The van der Waals surface area contributed by atoms with Gasteiger partial charge < -0.3 is 14.8 Å². The number of methoxy groups -OCH3 is 1. The first kappa shape index (κ1) is 22.9. The molecule has 35 heavy (non-hydrogen) atoms. The summed E-state index contributed by atoms with van der Waals surface area (Å²) in [6.45, 7) is 2.76. The van der Waals surface area contributed by atoms with Gasteiger partial charge in [0.25, 0.3) is 0 Å². The molecule has 180 valence electrons. The molecule has 3 aromatic heterocycles. The molecule has 0 bridgehead atoms. The second-order valence-corrected chi connectivity index (χ2v) is 8.67. The number of nitrogens with one attached hydrogen (secondary N) is 2. The lowest BCUT2D eigenvalue weighted by Gasteiger charge is -2.32. The number of pyridine rings is 2. The summed E-state index contributed by atoms with van der Waals surface area (Å²) < 4.78 is 10.8. The largest absolute Gasteiger partial charge is 0.439 e. The fraction of sp³-hybridized carbons (Fsp3) is 0.308. The Labute approximate surface area is 203 Å². The number of nitrogens with zero attached hydrogens (tertiary/aromatic N) is 4. The van der Waals surface area contributed by atoms with Crippen LogP contribution in [-0.4, -0.2) is 63.8 Å². The number of piperidine rings is 1. The summed E-state index contributed by atoms with van der Waals surface area (Å²) in [4.78, 5) is 23.3. The average Bonchev–Trinajstić information content (AvgIpc) is 3.41. The van der Waals surface area contributed by atoms with Gasteiger partial charge in [-0.05, 0) is 49.2 Å². The molecule has 4 heterocycles. The Morgan fingerprint density at radius 2 is 2.03 bits per heavy atom. The maximum absolute atomic E-state index is 11.7. The van der Waals surface area contributed by atoms with Gasteiger partial charge in [-0.25, -0.2) is 4.98 Å². The summed E-state index contributed by atoms with van der Waals surface area (Å²) in [6, 6.07) is 15.9. The molecule has 1 aliphatic rings. The van der Waals surface area contributed by atoms with E-state index >= 15 is 0 Å². The quantitative estimate of drug-likeness (QED) is 0.404. The highest BCUT2D eigenvalue weighted by atomic mass is 16.5. The van der Waals surface area contributed by atoms with Gasteiger partial charge in [0.05, 0.1) is 16.9 Å². The van der Waals surface area contributed by atoms with Crippen LogP contribution in [0.1, 0.15) is 18.5 Å². The van der Waals surface area contributed by atoms with E-state index in [4.69, 9.17) is 14.5 Å². The summed E-state index contributed by atoms with van der Waals surface area (Å²) in [7, 11) is 1.53. The minimum Gasteiger partial charge on any atom is -0.439 e. The van der Waals surface area contributed by atoms with E-state index in [1.165, 1.54) is 7.11 Å². The van der Waals surface area contributed by atoms with Crippen LogP contribution in [0.15, 0.2) is 60.9 Å². The van der Waals surface area contributed by atoms with Crippen molar-refractivity contribution >= 4 is 16.8 Å². The van der Waals surface area contributed by atoms with Crippen LogP contribution in [0.5, 0.6) is 11.6 Å². The van der Waals surface area contributed by atoms with E-state index in [0.29, 0.717) is 11.6 Å². The van der Waals surface area contributed by atoms with E-state index in [1.54, 1.807) is 12.4 Å². The first-order valence-corrected chi connectivity index (χ1v) is 11.7. The van der Waals surface area contributed by atoms with Crippen LogP contribution in [0.25, 0.3) is 22.2 Å². The highest BCUT2D eigenvalue weighted by Crippen LogP contribution is 2.26. The number of hydrogen-bond donors (Lipinski definition) is 2. The normalized spacial score (nSPS) is 14.8. The molecule has 2 N–H and O–H groups in total. The summed E-state index contributed by atoms with van der Waals surface area (Å²) in [5.41, 5.74) is 3.82. The van der Waals surface area contributed by atoms with E-state index in [9.17, 15) is 4.79 Å². The number of hydrogen-bond acceptors (Lipinski definition) is 7. The summed E-state index contributed by atoms with van der Waals surface area (Å²) in [5.74, 6) is 1.19. The highest BCUT2D eigenvalue weighted by Gasteiger charge is 2.21. The Balaban J connectivity index is 1.17. The molecule has 0 saturated carbocycles. The summed E-state index contributed by atoms with van der Waals surface area (Å²) in [6.07, 6.45) is 5.33. The third kappa shape index (κ3) is 5.82. The lowest BCUT2D eigenvalue weighted by molar-refractivity contribution is -0.125. The van der Waals surface area contributed by atoms with Crippen molar-refractivity contribution in [1.29, 1.82) is 0 Å². The molecule has 5 rings (SSSR count). The third-order valence-corrected chi connectivity index (χ3v) is 6.10. The van der Waals surface area contributed by atoms with Crippen molar-refractivity contribution in [2.45, 2.75) is 25.4 Å². The smallest absolute Gasteiger partial charge is 0.246 e. The second kappa shape index (κ2) is 10.6. The van der Waals surface area contributed by atoms with Crippen LogP contribution in [0.3, 0.4) is 0 Å². The predicted molar refractivity (Wildman–Crippen MR) is 132 cm³/mol. The van der Waals surface area contributed by atoms with Crippen molar-refractivity contribution in [2.75, 3.05) is 26.8 Å². The van der Waals surface area contributed by atoms with Crippen molar-refractivity contribution in [3.63, 3.8) is 0 Å². The standard InChI is InChI=1S/C26H28N6O3/c1-34-17-25(33)30-20-9-12-32(13-10-20)16-21-4-2-18-14-22(5-6-23(18)29-21)35-26-7-3-19(15-27-26)24-8-11-28-31-24/h2-8,11,14-15,20H,9-10,12-13,16-17H2,1H3,(H,28,31)(H,30,33). The number of carbonyl (C=O) groups excluding carboxylic acids is 1. The minimum absolute atomic E-state index is 0.0487. The van der Waals surface area contributed by atoms with Crippen LogP contribution in [-0.2, 0) is 16.1 Å². The number of ether oxygens (including phenoxy) is 2. The van der Waals surface area contributed by atoms with E-state index < -0.39 is 0 Å². The molecule has 0 spiro atoms. The molecule has 0 unspecified atom stereocenters. The van der Waals surface area contributed by atoms with Crippen LogP contribution in [0.4, 0.5) is 0 Å². The molecule has 1 aliphatic heterocycles. The van der Waals surface area contributed by atoms with Crippen molar-refractivity contribution < 1.29 is 14.3 Å². The maximum atomic E-state index is 11.7. The molecule has 0 aliphatic carbocycles. The predicted octanol–water partition coefficient (Wildman–Crippen LogP) is 3.54. The topological polar surface area (TPSA) is 105 Å². The molecule has 9 nitrogen and oxygen atoms in total. The SMILES string of the molecule is COCC(=O)NC1CCN(Cc2ccc3cc(Oc4ccc(-c5ccn[nH]5)cn4)ccc3n2)CC1. The van der Waals surface area contributed by atoms with Gasteiger partial charge in [0, 0.05) is 62.2 Å². The van der Waals surface area contributed by atoms with Gasteiger partial charge >= 0.3 is 0 Å². The number of rotatable bonds is 8. The molecule has 1 saturated heterocycles. The number of aromatic nitrogens is 4. The zero-order chi connectivity index (χ0) is 24.0. The van der Waals surface area contributed by atoms with Crippen LogP contribution >= 0.6 is 0 Å². The third-order valence-electron chi connectivity index (χ3n) is 6.10. The van der Waals surface area contributed by atoms with Gasteiger partial charge in [0.15, 0.2) is 0 Å². The van der Waals surface area contributed by atoms with Gasteiger partial charge in [0.2, 0.25) is 11.8 Å². The number of fused-ring (bicyclic) bond motifs is 1. The Hall–Kier alpha value is -3.82.